The van der Waals surface area contributed by atoms with Crippen LogP contribution in [0.3, 0.4) is 0 Å². The average molecular weight is 484 g/mol. The van der Waals surface area contributed by atoms with E-state index >= 15 is 0 Å². The van der Waals surface area contributed by atoms with Crippen LogP contribution < -0.4 is 9.47 Å². The van der Waals surface area contributed by atoms with Gasteiger partial charge in [0.25, 0.3) is 5.91 Å². The van der Waals surface area contributed by atoms with Crippen molar-refractivity contribution in [3.63, 3.8) is 0 Å². The first-order chi connectivity index (χ1) is 16.5. The molecule has 2 aliphatic heterocycles. The highest BCUT2D eigenvalue weighted by Crippen LogP contribution is 2.40. The lowest BCUT2D eigenvalue weighted by Gasteiger charge is -2.27. The van der Waals surface area contributed by atoms with Crippen LogP contribution in [0, 0.1) is 5.92 Å². The normalized spacial score (nSPS) is 18.7. The van der Waals surface area contributed by atoms with E-state index in [2.05, 4.69) is 0 Å². The number of fused-ring (bicyclic) bond motifs is 1. The van der Waals surface area contributed by atoms with Crippen LogP contribution in [0.15, 0.2) is 47.6 Å². The number of hydrazone groups is 1. The molecule has 1 fully saturated rings. The molecular weight excluding hydrogens is 458 g/mol. The number of rotatable bonds is 8. The second-order valence-electron chi connectivity index (χ2n) is 8.62. The number of methoxy groups -OCH3 is 1. The summed E-state index contributed by atoms with van der Waals surface area (Å²) in [5.74, 6) is 1.07. The van der Waals surface area contributed by atoms with E-state index in [4.69, 9.17) is 30.9 Å². The Hall–Kier alpha value is -3.10. The fourth-order valence-electron chi connectivity index (χ4n) is 4.27. The maximum atomic E-state index is 13.5. The second-order valence-corrected chi connectivity index (χ2v) is 9.03. The summed E-state index contributed by atoms with van der Waals surface area (Å²) in [4.78, 5) is 27.9. The van der Waals surface area contributed by atoms with Crippen LogP contribution in [0.2, 0.25) is 5.02 Å². The zero-order valence-corrected chi connectivity index (χ0v) is 19.7. The van der Waals surface area contributed by atoms with Gasteiger partial charge in [0.1, 0.15) is 6.54 Å². The third-order valence-electron chi connectivity index (χ3n) is 6.26. The number of hydrogen-bond acceptors (Lipinski definition) is 6. The van der Waals surface area contributed by atoms with E-state index < -0.39 is 0 Å². The number of carbonyl (C=O) groups is 2. The number of carbonyl (C=O) groups excluding carboxylic acids is 2. The molecule has 2 aromatic rings. The van der Waals surface area contributed by atoms with Gasteiger partial charge < -0.3 is 19.1 Å². The molecule has 1 saturated carbocycles. The zero-order valence-electron chi connectivity index (χ0n) is 18.9. The molecule has 1 unspecified atom stereocenters. The van der Waals surface area contributed by atoms with Gasteiger partial charge in [0.15, 0.2) is 11.5 Å². The van der Waals surface area contributed by atoms with Crippen LogP contribution in [-0.2, 0) is 14.3 Å². The second kappa shape index (κ2) is 9.64. The smallest absolute Gasteiger partial charge is 0.262 e. The molecule has 178 valence electrons. The lowest BCUT2D eigenvalue weighted by Crippen LogP contribution is -2.43. The van der Waals surface area contributed by atoms with Crippen LogP contribution in [0.25, 0.3) is 0 Å². The quantitative estimate of drug-likeness (QED) is 0.572. The predicted molar refractivity (Wildman–Crippen MR) is 126 cm³/mol. The summed E-state index contributed by atoms with van der Waals surface area (Å²) in [7, 11) is 1.58. The summed E-state index contributed by atoms with van der Waals surface area (Å²) in [6, 6.07) is 12.7. The Kier molecular flexibility index (Phi) is 6.43. The van der Waals surface area contributed by atoms with Gasteiger partial charge in [-0.2, -0.15) is 5.10 Å². The van der Waals surface area contributed by atoms with E-state index in [1.165, 1.54) is 5.01 Å². The lowest BCUT2D eigenvalue weighted by molar-refractivity contribution is -0.142. The van der Waals surface area contributed by atoms with Gasteiger partial charge in [0.2, 0.25) is 12.7 Å². The molecule has 1 atom stereocenters. The van der Waals surface area contributed by atoms with E-state index in [1.807, 2.05) is 36.4 Å². The van der Waals surface area contributed by atoms with E-state index in [0.29, 0.717) is 36.1 Å². The van der Waals surface area contributed by atoms with Crippen molar-refractivity contribution >= 4 is 29.1 Å². The maximum Gasteiger partial charge on any atom is 0.262 e. The monoisotopic (exact) mass is 483 g/mol. The van der Waals surface area contributed by atoms with Crippen LogP contribution in [0.1, 0.15) is 36.4 Å². The summed E-state index contributed by atoms with van der Waals surface area (Å²) in [6.07, 6.45) is 2.23. The van der Waals surface area contributed by atoms with Crippen LogP contribution in [0.5, 0.6) is 11.5 Å². The minimum Gasteiger partial charge on any atom is -0.454 e. The van der Waals surface area contributed by atoms with Gasteiger partial charge in [-0.25, -0.2) is 5.01 Å². The molecule has 0 saturated heterocycles. The highest BCUT2D eigenvalue weighted by atomic mass is 35.5. The summed E-state index contributed by atoms with van der Waals surface area (Å²) in [6.45, 7) is 0.844. The van der Waals surface area contributed by atoms with Gasteiger partial charge >= 0.3 is 0 Å². The Morgan fingerprint density at radius 3 is 2.74 bits per heavy atom. The first-order valence-corrected chi connectivity index (χ1v) is 11.7. The average Bonchev–Trinajstić information content (AvgIpc) is 3.42. The molecule has 2 heterocycles. The van der Waals surface area contributed by atoms with E-state index in [1.54, 1.807) is 18.1 Å². The fourth-order valence-corrected chi connectivity index (χ4v) is 4.52. The molecule has 0 N–H and O–H groups in total. The first kappa shape index (κ1) is 22.7. The molecule has 34 heavy (non-hydrogen) atoms. The molecule has 3 aliphatic rings. The van der Waals surface area contributed by atoms with Crippen molar-refractivity contribution < 1.29 is 23.8 Å². The Labute approximate surface area is 203 Å². The number of nitrogens with zero attached hydrogens (tertiary/aromatic N) is 3. The Bertz CT molecular complexity index is 1130. The van der Waals surface area contributed by atoms with Gasteiger partial charge in [-0.05, 0) is 36.6 Å². The van der Waals surface area contributed by atoms with Crippen molar-refractivity contribution in [2.45, 2.75) is 25.3 Å². The Balaban J connectivity index is 1.44. The summed E-state index contributed by atoms with van der Waals surface area (Å²) in [5, 5.41) is 6.76. The maximum absolute atomic E-state index is 13.5. The van der Waals surface area contributed by atoms with Crippen LogP contribution >= 0.6 is 11.6 Å². The van der Waals surface area contributed by atoms with Crippen LogP contribution in [-0.4, -0.2) is 61.0 Å². The van der Waals surface area contributed by atoms with E-state index in [9.17, 15) is 9.59 Å². The van der Waals surface area contributed by atoms with Crippen LogP contribution in [0.4, 0.5) is 0 Å². The highest BCUT2D eigenvalue weighted by Gasteiger charge is 2.38. The fraction of sp³-hybridized carbons (Fsp3) is 0.400. The lowest BCUT2D eigenvalue weighted by atomic mass is 9.98. The molecule has 0 radical (unpaired) electrons. The molecule has 2 amide bonds. The largest absolute Gasteiger partial charge is 0.454 e. The van der Waals surface area contributed by atoms with Gasteiger partial charge in [0.05, 0.1) is 18.4 Å². The Morgan fingerprint density at radius 2 is 1.97 bits per heavy atom. The predicted octanol–water partition coefficient (Wildman–Crippen LogP) is 3.63. The van der Waals surface area contributed by atoms with Gasteiger partial charge in [-0.1, -0.05) is 35.9 Å². The van der Waals surface area contributed by atoms with Crippen molar-refractivity contribution in [2.24, 2.45) is 11.0 Å². The van der Waals surface area contributed by atoms with E-state index in [-0.39, 0.29) is 37.1 Å². The molecule has 0 spiro atoms. The van der Waals surface area contributed by atoms with Gasteiger partial charge in [-0.3, -0.25) is 9.59 Å². The van der Waals surface area contributed by atoms with E-state index in [0.717, 1.165) is 29.7 Å². The molecule has 2 aromatic carbocycles. The molecule has 0 bridgehead atoms. The van der Waals surface area contributed by atoms with Crippen molar-refractivity contribution in [3.8, 4) is 11.5 Å². The minimum atomic E-state index is -0.353. The number of amides is 2. The number of benzene rings is 2. The molecule has 0 aromatic heterocycles. The highest BCUT2D eigenvalue weighted by molar-refractivity contribution is 6.34. The molecule has 1 aliphatic carbocycles. The number of halogens is 1. The third-order valence-corrected chi connectivity index (χ3v) is 6.59. The molecule has 8 nitrogen and oxygen atoms in total. The van der Waals surface area contributed by atoms with Crippen molar-refractivity contribution in [1.29, 1.82) is 0 Å². The topological polar surface area (TPSA) is 80.7 Å². The summed E-state index contributed by atoms with van der Waals surface area (Å²) >= 11 is 6.44. The molecule has 5 rings (SSSR count). The Morgan fingerprint density at radius 1 is 1.18 bits per heavy atom. The van der Waals surface area contributed by atoms with Gasteiger partial charge in [0, 0.05) is 36.6 Å². The third kappa shape index (κ3) is 4.60. The number of ether oxygens (including phenoxy) is 3. The minimum absolute atomic E-state index is 0.000432. The zero-order chi connectivity index (χ0) is 23.7. The van der Waals surface area contributed by atoms with Crippen molar-refractivity contribution in [2.75, 3.05) is 33.6 Å². The standard InChI is InChI=1S/C25H26ClN3O5/c1-32-11-10-28(25(31)16-6-7-16)14-24(30)29-21(17-8-9-22-23(12-17)34-15-33-22)13-20(27-29)18-4-2-3-5-19(18)26/h2-5,8-9,12,16,21H,6-7,10-11,13-15H2,1H3. The summed E-state index contributed by atoms with van der Waals surface area (Å²) in [5.41, 5.74) is 2.38. The number of hydrogen-bond donors (Lipinski definition) is 0. The molecular formula is C25H26ClN3O5. The first-order valence-electron chi connectivity index (χ1n) is 11.4. The van der Waals surface area contributed by atoms with Crippen molar-refractivity contribution in [3.05, 3.63) is 58.6 Å². The van der Waals surface area contributed by atoms with Gasteiger partial charge in [-0.15, -0.1) is 0 Å². The SMILES string of the molecule is COCCN(CC(=O)N1N=C(c2ccccc2Cl)CC1c1ccc2c(c1)OCO2)C(=O)C1CC1. The molecule has 9 heteroatoms. The van der Waals surface area contributed by atoms with Crippen molar-refractivity contribution in [1.82, 2.24) is 9.91 Å². The summed E-state index contributed by atoms with van der Waals surface area (Å²) < 4.78 is 16.1.